The van der Waals surface area contributed by atoms with Crippen LogP contribution in [0.25, 0.3) is 0 Å². The molecule has 0 spiro atoms. The van der Waals surface area contributed by atoms with Crippen molar-refractivity contribution < 1.29 is 17.9 Å². The van der Waals surface area contributed by atoms with Crippen molar-refractivity contribution in [2.75, 3.05) is 43.0 Å². The molecule has 1 aliphatic heterocycles. The fourth-order valence-corrected chi connectivity index (χ4v) is 3.80. The normalized spacial score (nSPS) is 14.5. The van der Waals surface area contributed by atoms with Gasteiger partial charge in [-0.25, -0.2) is 8.42 Å². The van der Waals surface area contributed by atoms with E-state index in [2.05, 4.69) is 9.62 Å². The topological polar surface area (TPSA) is 91.7 Å². The molecule has 0 amide bonds. The van der Waals surface area contributed by atoms with Gasteiger partial charge in [0, 0.05) is 24.5 Å². The van der Waals surface area contributed by atoms with Gasteiger partial charge < -0.3 is 14.4 Å². The van der Waals surface area contributed by atoms with E-state index in [0.29, 0.717) is 24.7 Å². The van der Waals surface area contributed by atoms with Crippen molar-refractivity contribution in [1.82, 2.24) is 0 Å². The lowest BCUT2D eigenvalue weighted by Crippen LogP contribution is -2.36. The van der Waals surface area contributed by atoms with Crippen LogP contribution in [0.3, 0.4) is 0 Å². The highest BCUT2D eigenvalue weighted by atomic mass is 32.2. The van der Waals surface area contributed by atoms with Crippen LogP contribution < -0.4 is 14.4 Å². The first-order valence-electron chi connectivity index (χ1n) is 8.07. The number of nitrogens with one attached hydrogen (secondary N) is 1. The third-order valence-corrected chi connectivity index (χ3v) is 5.48. The molecule has 1 fully saturated rings. The Morgan fingerprint density at radius 1 is 1.15 bits per heavy atom. The predicted molar refractivity (Wildman–Crippen MR) is 98.0 cm³/mol. The van der Waals surface area contributed by atoms with Crippen LogP contribution in [-0.4, -0.2) is 41.8 Å². The minimum atomic E-state index is -3.80. The van der Waals surface area contributed by atoms with E-state index < -0.39 is 10.0 Å². The Kier molecular flexibility index (Phi) is 5.30. The zero-order valence-electron chi connectivity index (χ0n) is 14.3. The van der Waals surface area contributed by atoms with Crippen molar-refractivity contribution in [1.29, 1.82) is 5.26 Å². The second kappa shape index (κ2) is 7.64. The fourth-order valence-electron chi connectivity index (χ4n) is 2.72. The van der Waals surface area contributed by atoms with Crippen LogP contribution in [0, 0.1) is 11.3 Å². The minimum Gasteiger partial charge on any atom is -0.495 e. The number of methoxy groups -OCH3 is 1. The molecule has 1 heterocycles. The summed E-state index contributed by atoms with van der Waals surface area (Å²) in [5.41, 5.74) is 1.64. The van der Waals surface area contributed by atoms with E-state index >= 15 is 0 Å². The SMILES string of the molecule is COc1ccc(S(=O)(=O)Nc2ccc(N3CCOCC3)cc2)cc1C#N. The molecule has 0 radical (unpaired) electrons. The summed E-state index contributed by atoms with van der Waals surface area (Å²) in [7, 11) is -2.37. The Morgan fingerprint density at radius 3 is 2.46 bits per heavy atom. The first-order valence-corrected chi connectivity index (χ1v) is 9.55. The average molecular weight is 373 g/mol. The summed E-state index contributed by atoms with van der Waals surface area (Å²) in [6.45, 7) is 3.00. The monoisotopic (exact) mass is 373 g/mol. The third kappa shape index (κ3) is 3.90. The second-order valence-electron chi connectivity index (χ2n) is 5.73. The number of nitriles is 1. The smallest absolute Gasteiger partial charge is 0.261 e. The van der Waals surface area contributed by atoms with Gasteiger partial charge in [-0.1, -0.05) is 0 Å². The second-order valence-corrected chi connectivity index (χ2v) is 7.41. The van der Waals surface area contributed by atoms with Gasteiger partial charge in [0.15, 0.2) is 0 Å². The Morgan fingerprint density at radius 2 is 1.85 bits per heavy atom. The number of sulfonamides is 1. The summed E-state index contributed by atoms with van der Waals surface area (Å²) in [5.74, 6) is 0.335. The van der Waals surface area contributed by atoms with Gasteiger partial charge >= 0.3 is 0 Å². The van der Waals surface area contributed by atoms with Crippen molar-refractivity contribution in [3.8, 4) is 11.8 Å². The maximum atomic E-state index is 12.6. The molecule has 26 heavy (non-hydrogen) atoms. The van der Waals surface area contributed by atoms with Gasteiger partial charge in [-0.15, -0.1) is 0 Å². The Labute approximate surface area is 152 Å². The molecule has 0 saturated carbocycles. The summed E-state index contributed by atoms with van der Waals surface area (Å²) in [5, 5.41) is 9.13. The molecule has 0 atom stereocenters. The lowest BCUT2D eigenvalue weighted by Gasteiger charge is -2.28. The van der Waals surface area contributed by atoms with Crippen molar-refractivity contribution in [2.24, 2.45) is 0 Å². The number of ether oxygens (including phenoxy) is 2. The van der Waals surface area contributed by atoms with Gasteiger partial charge in [-0.2, -0.15) is 5.26 Å². The fraction of sp³-hybridized carbons (Fsp3) is 0.278. The zero-order chi connectivity index (χ0) is 18.6. The minimum absolute atomic E-state index is 0.00658. The Balaban J connectivity index is 1.78. The largest absolute Gasteiger partial charge is 0.495 e. The lowest BCUT2D eigenvalue weighted by atomic mass is 10.2. The molecule has 2 aromatic rings. The van der Waals surface area contributed by atoms with Crippen LogP contribution in [0.2, 0.25) is 0 Å². The van der Waals surface area contributed by atoms with E-state index in [9.17, 15) is 8.42 Å². The van der Waals surface area contributed by atoms with E-state index in [1.54, 1.807) is 12.1 Å². The number of rotatable bonds is 5. The summed E-state index contributed by atoms with van der Waals surface area (Å²) >= 11 is 0. The van der Waals surface area contributed by atoms with Crippen LogP contribution in [0.15, 0.2) is 47.4 Å². The molecule has 7 nitrogen and oxygen atoms in total. The molecule has 136 valence electrons. The zero-order valence-corrected chi connectivity index (χ0v) is 15.1. The first-order chi connectivity index (χ1) is 12.5. The summed E-state index contributed by atoms with van der Waals surface area (Å²) in [6, 6.07) is 13.3. The highest BCUT2D eigenvalue weighted by Crippen LogP contribution is 2.24. The third-order valence-electron chi connectivity index (χ3n) is 4.10. The molecule has 0 aliphatic carbocycles. The molecule has 8 heteroatoms. The van der Waals surface area contributed by atoms with E-state index in [0.717, 1.165) is 18.8 Å². The lowest BCUT2D eigenvalue weighted by molar-refractivity contribution is 0.122. The molecule has 0 bridgehead atoms. The van der Waals surface area contributed by atoms with Crippen molar-refractivity contribution in [3.63, 3.8) is 0 Å². The molecule has 1 aliphatic rings. The number of hydrogen-bond acceptors (Lipinski definition) is 6. The number of benzene rings is 2. The highest BCUT2D eigenvalue weighted by Gasteiger charge is 2.17. The average Bonchev–Trinajstić information content (AvgIpc) is 2.68. The molecule has 3 rings (SSSR count). The van der Waals surface area contributed by atoms with Gasteiger partial charge in [0.05, 0.1) is 30.8 Å². The summed E-state index contributed by atoms with van der Waals surface area (Å²) < 4.78 is 38.0. The van der Waals surface area contributed by atoms with Crippen molar-refractivity contribution in [2.45, 2.75) is 4.90 Å². The Hall–Kier alpha value is -2.76. The number of anilines is 2. The van der Waals surface area contributed by atoms with E-state index in [1.807, 2.05) is 18.2 Å². The molecular formula is C18H19N3O4S. The van der Waals surface area contributed by atoms with Gasteiger partial charge in [0.1, 0.15) is 11.8 Å². The summed E-state index contributed by atoms with van der Waals surface area (Å²) in [4.78, 5) is 2.19. The maximum absolute atomic E-state index is 12.6. The number of morpholine rings is 1. The van der Waals surface area contributed by atoms with Crippen molar-refractivity contribution >= 4 is 21.4 Å². The van der Waals surface area contributed by atoms with Crippen LogP contribution in [0.5, 0.6) is 5.75 Å². The molecule has 1 N–H and O–H groups in total. The highest BCUT2D eigenvalue weighted by molar-refractivity contribution is 7.92. The maximum Gasteiger partial charge on any atom is 0.261 e. The molecule has 2 aromatic carbocycles. The molecule has 0 unspecified atom stereocenters. The van der Waals surface area contributed by atoms with Crippen LogP contribution in [0.4, 0.5) is 11.4 Å². The van der Waals surface area contributed by atoms with Crippen LogP contribution in [-0.2, 0) is 14.8 Å². The van der Waals surface area contributed by atoms with E-state index in [1.165, 1.54) is 25.3 Å². The quantitative estimate of drug-likeness (QED) is 0.864. The van der Waals surface area contributed by atoms with E-state index in [-0.39, 0.29) is 10.5 Å². The van der Waals surface area contributed by atoms with Gasteiger partial charge in [-0.3, -0.25) is 4.72 Å². The number of nitrogens with zero attached hydrogens (tertiary/aromatic N) is 2. The van der Waals surface area contributed by atoms with Crippen LogP contribution >= 0.6 is 0 Å². The molecule has 0 aromatic heterocycles. The van der Waals surface area contributed by atoms with Crippen LogP contribution in [0.1, 0.15) is 5.56 Å². The number of hydrogen-bond donors (Lipinski definition) is 1. The predicted octanol–water partition coefficient (Wildman–Crippen LogP) is 2.20. The van der Waals surface area contributed by atoms with Crippen molar-refractivity contribution in [3.05, 3.63) is 48.0 Å². The Bertz CT molecular complexity index is 914. The van der Waals surface area contributed by atoms with Gasteiger partial charge in [0.2, 0.25) is 0 Å². The van der Waals surface area contributed by atoms with Gasteiger partial charge in [0.25, 0.3) is 10.0 Å². The molecule has 1 saturated heterocycles. The molecular weight excluding hydrogens is 354 g/mol. The standard InChI is InChI=1S/C18H19N3O4S/c1-24-18-7-6-17(12-14(18)13-19)26(22,23)20-15-2-4-16(5-3-15)21-8-10-25-11-9-21/h2-7,12,20H,8-11H2,1H3. The summed E-state index contributed by atoms with van der Waals surface area (Å²) in [6.07, 6.45) is 0. The van der Waals surface area contributed by atoms with E-state index in [4.69, 9.17) is 14.7 Å². The first kappa shape index (κ1) is 18.0. The van der Waals surface area contributed by atoms with Gasteiger partial charge in [-0.05, 0) is 42.5 Å².